The van der Waals surface area contributed by atoms with Crippen LogP contribution in [0.1, 0.15) is 57.8 Å². The van der Waals surface area contributed by atoms with Crippen molar-refractivity contribution in [3.8, 4) is 0 Å². The fourth-order valence-corrected chi connectivity index (χ4v) is 4.86. The second-order valence-electron chi connectivity index (χ2n) is 7.15. The van der Waals surface area contributed by atoms with E-state index < -0.39 is 0 Å². The lowest BCUT2D eigenvalue weighted by Gasteiger charge is -2.50. The minimum atomic E-state index is -0.147. The number of piperidine rings is 1. The standard InChI is InChI=1S/C16H28FNO/c17-12-13-4-9-18(10-5-13)15-11-14(19)3-8-16(15)6-1-2-7-16/h13-15,19H,1-12H2. The molecule has 1 heterocycles. The molecule has 110 valence electrons. The summed E-state index contributed by atoms with van der Waals surface area (Å²) in [4.78, 5) is 2.60. The highest BCUT2D eigenvalue weighted by Gasteiger charge is 2.47. The zero-order valence-corrected chi connectivity index (χ0v) is 12.0. The number of hydrogen-bond acceptors (Lipinski definition) is 2. The third kappa shape index (κ3) is 2.69. The van der Waals surface area contributed by atoms with Crippen LogP contribution < -0.4 is 0 Å². The summed E-state index contributed by atoms with van der Waals surface area (Å²) in [6, 6.07) is 0.569. The zero-order valence-electron chi connectivity index (χ0n) is 12.0. The lowest BCUT2D eigenvalue weighted by Crippen LogP contribution is -2.53. The first-order valence-electron chi connectivity index (χ1n) is 8.21. The molecule has 0 aromatic rings. The molecule has 0 amide bonds. The van der Waals surface area contributed by atoms with Gasteiger partial charge in [0.1, 0.15) is 0 Å². The SMILES string of the molecule is OC1CCC2(CCCC2)C(N2CCC(CF)CC2)C1. The van der Waals surface area contributed by atoms with Crippen LogP contribution in [0.25, 0.3) is 0 Å². The lowest BCUT2D eigenvalue weighted by molar-refractivity contribution is -0.0387. The van der Waals surface area contributed by atoms with Gasteiger partial charge >= 0.3 is 0 Å². The first kappa shape index (κ1) is 13.8. The maximum absolute atomic E-state index is 12.7. The number of halogens is 1. The van der Waals surface area contributed by atoms with Gasteiger partial charge in [-0.2, -0.15) is 0 Å². The third-order valence-corrected chi connectivity index (χ3v) is 6.09. The molecule has 1 saturated heterocycles. The lowest BCUT2D eigenvalue weighted by atomic mass is 9.67. The number of rotatable bonds is 2. The van der Waals surface area contributed by atoms with Gasteiger partial charge in [-0.1, -0.05) is 12.8 Å². The molecule has 0 aromatic carbocycles. The zero-order chi connectivity index (χ0) is 13.3. The monoisotopic (exact) mass is 269 g/mol. The van der Waals surface area contributed by atoms with Crippen molar-refractivity contribution in [2.45, 2.75) is 69.9 Å². The number of likely N-dealkylation sites (tertiary alicyclic amines) is 1. The molecule has 2 nitrogen and oxygen atoms in total. The fraction of sp³-hybridized carbons (Fsp3) is 1.00. The van der Waals surface area contributed by atoms with E-state index in [0.717, 1.165) is 38.8 Å². The second kappa shape index (κ2) is 5.69. The van der Waals surface area contributed by atoms with E-state index in [2.05, 4.69) is 4.90 Å². The highest BCUT2D eigenvalue weighted by atomic mass is 19.1. The van der Waals surface area contributed by atoms with Gasteiger partial charge in [0.25, 0.3) is 0 Å². The Bertz CT molecular complexity index is 295. The van der Waals surface area contributed by atoms with Crippen LogP contribution in [0.2, 0.25) is 0 Å². The van der Waals surface area contributed by atoms with Gasteiger partial charge in [-0.05, 0) is 69.4 Å². The maximum Gasteiger partial charge on any atom is 0.0923 e. The normalized spacial score (nSPS) is 36.9. The van der Waals surface area contributed by atoms with Gasteiger partial charge in [0.05, 0.1) is 12.8 Å². The summed E-state index contributed by atoms with van der Waals surface area (Å²) in [5, 5.41) is 10.1. The molecule has 0 aromatic heterocycles. The second-order valence-corrected chi connectivity index (χ2v) is 7.15. The van der Waals surface area contributed by atoms with Crippen molar-refractivity contribution in [1.82, 2.24) is 4.90 Å². The van der Waals surface area contributed by atoms with E-state index in [4.69, 9.17) is 0 Å². The maximum atomic E-state index is 12.7. The molecule has 2 atom stereocenters. The Labute approximate surface area is 116 Å². The highest BCUT2D eigenvalue weighted by Crippen LogP contribution is 2.51. The van der Waals surface area contributed by atoms with Crippen molar-refractivity contribution in [3.63, 3.8) is 0 Å². The first-order valence-corrected chi connectivity index (χ1v) is 8.21. The molecular formula is C16H28FNO. The Kier molecular flexibility index (Phi) is 4.14. The van der Waals surface area contributed by atoms with Crippen molar-refractivity contribution in [1.29, 1.82) is 0 Å². The van der Waals surface area contributed by atoms with Gasteiger partial charge < -0.3 is 5.11 Å². The molecule has 1 aliphatic heterocycles. The third-order valence-electron chi connectivity index (χ3n) is 6.09. The molecule has 1 N–H and O–H groups in total. The summed E-state index contributed by atoms with van der Waals surface area (Å²) in [6.07, 6.45) is 10.5. The van der Waals surface area contributed by atoms with Crippen LogP contribution in [0.15, 0.2) is 0 Å². The van der Waals surface area contributed by atoms with E-state index in [-0.39, 0.29) is 12.8 Å². The predicted molar refractivity (Wildman–Crippen MR) is 74.8 cm³/mol. The molecule has 0 bridgehead atoms. The van der Waals surface area contributed by atoms with Crippen LogP contribution in [-0.4, -0.2) is 41.9 Å². The topological polar surface area (TPSA) is 23.5 Å². The van der Waals surface area contributed by atoms with Crippen LogP contribution in [-0.2, 0) is 0 Å². The van der Waals surface area contributed by atoms with Crippen LogP contribution in [0.5, 0.6) is 0 Å². The Morgan fingerprint density at radius 1 is 1.05 bits per heavy atom. The van der Waals surface area contributed by atoms with Crippen molar-refractivity contribution < 1.29 is 9.50 Å². The number of hydrogen-bond donors (Lipinski definition) is 1. The molecule has 0 radical (unpaired) electrons. The van der Waals surface area contributed by atoms with Crippen molar-refractivity contribution in [2.75, 3.05) is 19.8 Å². The quantitative estimate of drug-likeness (QED) is 0.832. The number of aliphatic hydroxyl groups is 1. The molecule has 3 heteroatoms. The van der Waals surface area contributed by atoms with Crippen LogP contribution in [0.3, 0.4) is 0 Å². The van der Waals surface area contributed by atoms with Crippen LogP contribution >= 0.6 is 0 Å². The molecule has 2 unspecified atom stereocenters. The van der Waals surface area contributed by atoms with Gasteiger partial charge in [-0.15, -0.1) is 0 Å². The highest BCUT2D eigenvalue weighted by molar-refractivity contribution is 5.01. The van der Waals surface area contributed by atoms with Crippen LogP contribution in [0, 0.1) is 11.3 Å². The Morgan fingerprint density at radius 2 is 1.74 bits per heavy atom. The minimum Gasteiger partial charge on any atom is -0.393 e. The average molecular weight is 269 g/mol. The number of alkyl halides is 1. The Hall–Kier alpha value is -0.150. The van der Waals surface area contributed by atoms with Crippen molar-refractivity contribution in [2.24, 2.45) is 11.3 Å². The van der Waals surface area contributed by atoms with Gasteiger partial charge in [0.2, 0.25) is 0 Å². The van der Waals surface area contributed by atoms with Gasteiger partial charge in [-0.3, -0.25) is 9.29 Å². The van der Waals surface area contributed by atoms with Gasteiger partial charge in [0, 0.05) is 6.04 Å². The summed E-state index contributed by atoms with van der Waals surface area (Å²) in [5.41, 5.74) is 0.488. The van der Waals surface area contributed by atoms with Gasteiger partial charge in [-0.25, -0.2) is 0 Å². The molecule has 19 heavy (non-hydrogen) atoms. The Morgan fingerprint density at radius 3 is 2.37 bits per heavy atom. The molecule has 3 fully saturated rings. The molecular weight excluding hydrogens is 241 g/mol. The summed E-state index contributed by atoms with van der Waals surface area (Å²) in [5.74, 6) is 0.296. The minimum absolute atomic E-state index is 0.102. The summed E-state index contributed by atoms with van der Waals surface area (Å²) < 4.78 is 12.7. The van der Waals surface area contributed by atoms with Crippen LogP contribution in [0.4, 0.5) is 4.39 Å². The molecule has 2 saturated carbocycles. The average Bonchev–Trinajstić information content (AvgIpc) is 2.91. The van der Waals surface area contributed by atoms with E-state index in [0.29, 0.717) is 17.4 Å². The summed E-state index contributed by atoms with van der Waals surface area (Å²) >= 11 is 0. The van der Waals surface area contributed by atoms with E-state index in [1.54, 1.807) is 0 Å². The Balaban J connectivity index is 1.69. The van der Waals surface area contributed by atoms with E-state index >= 15 is 0 Å². The number of nitrogens with zero attached hydrogens (tertiary/aromatic N) is 1. The molecule has 2 aliphatic carbocycles. The molecule has 3 rings (SSSR count). The van der Waals surface area contributed by atoms with E-state index in [1.807, 2.05) is 0 Å². The predicted octanol–water partition coefficient (Wildman–Crippen LogP) is 3.14. The molecule has 3 aliphatic rings. The fourth-order valence-electron chi connectivity index (χ4n) is 4.86. The summed E-state index contributed by atoms with van der Waals surface area (Å²) in [7, 11) is 0. The van der Waals surface area contributed by atoms with Gasteiger partial charge in [0.15, 0.2) is 0 Å². The molecule has 1 spiro atoms. The first-order chi connectivity index (χ1) is 9.23. The van der Waals surface area contributed by atoms with E-state index in [1.165, 1.54) is 32.1 Å². The van der Waals surface area contributed by atoms with Crippen molar-refractivity contribution in [3.05, 3.63) is 0 Å². The smallest absolute Gasteiger partial charge is 0.0923 e. The largest absolute Gasteiger partial charge is 0.393 e. The number of aliphatic hydroxyl groups excluding tert-OH is 1. The van der Waals surface area contributed by atoms with E-state index in [9.17, 15) is 9.50 Å². The summed E-state index contributed by atoms with van der Waals surface area (Å²) in [6.45, 7) is 1.95. The van der Waals surface area contributed by atoms with Crippen molar-refractivity contribution >= 4 is 0 Å².